The molecule has 1 aromatic carbocycles. The van der Waals surface area contributed by atoms with Crippen LogP contribution in [-0.4, -0.2) is 89.6 Å². The molecule has 1 N–H and O–H groups in total. The Balaban J connectivity index is 1.32. The van der Waals surface area contributed by atoms with E-state index in [2.05, 4.69) is 46.0 Å². The predicted molar refractivity (Wildman–Crippen MR) is 121 cm³/mol. The number of carbonyl (C=O) groups is 2. The van der Waals surface area contributed by atoms with Crippen molar-refractivity contribution in [2.24, 2.45) is 5.92 Å². The monoisotopic (exact) mass is 427 g/mol. The van der Waals surface area contributed by atoms with Crippen molar-refractivity contribution in [2.75, 3.05) is 52.5 Å². The zero-order valence-electron chi connectivity index (χ0n) is 19.1. The summed E-state index contributed by atoms with van der Waals surface area (Å²) in [5, 5.41) is 3.07. The Morgan fingerprint density at radius 1 is 0.968 bits per heavy atom. The number of nitrogens with one attached hydrogen (secondary N) is 1. The minimum absolute atomic E-state index is 0.0440. The summed E-state index contributed by atoms with van der Waals surface area (Å²) in [5.41, 5.74) is 0.479. The highest BCUT2D eigenvalue weighted by atomic mass is 16.2. The Morgan fingerprint density at radius 2 is 1.68 bits per heavy atom. The molecule has 4 rings (SSSR count). The van der Waals surface area contributed by atoms with E-state index < -0.39 is 5.54 Å². The molecule has 3 fully saturated rings. The van der Waals surface area contributed by atoms with Crippen molar-refractivity contribution in [3.63, 3.8) is 0 Å². The molecule has 0 radical (unpaired) electrons. The van der Waals surface area contributed by atoms with Gasteiger partial charge in [-0.25, -0.2) is 9.69 Å². The van der Waals surface area contributed by atoms with E-state index in [-0.39, 0.29) is 11.9 Å². The van der Waals surface area contributed by atoms with E-state index >= 15 is 0 Å². The average molecular weight is 428 g/mol. The Kier molecular flexibility index (Phi) is 6.94. The zero-order valence-corrected chi connectivity index (χ0v) is 19.1. The van der Waals surface area contributed by atoms with Gasteiger partial charge in [-0.2, -0.15) is 0 Å². The first kappa shape index (κ1) is 22.2. The van der Waals surface area contributed by atoms with Crippen LogP contribution in [0.5, 0.6) is 0 Å². The van der Waals surface area contributed by atoms with Gasteiger partial charge in [0.15, 0.2) is 0 Å². The molecular weight excluding hydrogens is 390 g/mol. The van der Waals surface area contributed by atoms with Gasteiger partial charge in [0.05, 0.1) is 6.67 Å². The van der Waals surface area contributed by atoms with Crippen molar-refractivity contribution in [2.45, 2.75) is 45.2 Å². The summed E-state index contributed by atoms with van der Waals surface area (Å²) >= 11 is 0. The molecule has 7 nitrogen and oxygen atoms in total. The van der Waals surface area contributed by atoms with E-state index in [1.54, 1.807) is 0 Å². The van der Waals surface area contributed by atoms with E-state index in [4.69, 9.17) is 0 Å². The van der Waals surface area contributed by atoms with Gasteiger partial charge < -0.3 is 10.2 Å². The fourth-order valence-corrected chi connectivity index (χ4v) is 5.00. The van der Waals surface area contributed by atoms with Crippen LogP contribution >= 0.6 is 0 Å². The normalized spacial score (nSPS) is 26.2. The number of urea groups is 1. The molecule has 1 atom stereocenters. The number of benzene rings is 1. The summed E-state index contributed by atoms with van der Waals surface area (Å²) in [7, 11) is 0. The first-order valence-electron chi connectivity index (χ1n) is 11.8. The van der Waals surface area contributed by atoms with E-state index in [1.165, 1.54) is 16.9 Å². The topological polar surface area (TPSA) is 59.1 Å². The molecule has 0 saturated carbocycles. The van der Waals surface area contributed by atoms with Gasteiger partial charge in [0, 0.05) is 39.3 Å². The second kappa shape index (κ2) is 9.67. The minimum atomic E-state index is -0.761. The number of nitrogens with zero attached hydrogens (tertiary/aromatic N) is 4. The lowest BCUT2D eigenvalue weighted by Gasteiger charge is -2.39. The van der Waals surface area contributed by atoms with Crippen molar-refractivity contribution in [3.8, 4) is 0 Å². The maximum atomic E-state index is 13.4. The number of hydrogen-bond donors (Lipinski definition) is 1. The van der Waals surface area contributed by atoms with Gasteiger partial charge in [-0.05, 0) is 43.8 Å². The molecule has 1 spiro atoms. The van der Waals surface area contributed by atoms with Crippen LogP contribution in [0.1, 0.15) is 38.7 Å². The van der Waals surface area contributed by atoms with Crippen LogP contribution in [0.4, 0.5) is 4.79 Å². The van der Waals surface area contributed by atoms with Gasteiger partial charge in [0.25, 0.3) is 5.91 Å². The summed E-state index contributed by atoms with van der Waals surface area (Å²) in [6, 6.07) is 10.1. The van der Waals surface area contributed by atoms with Gasteiger partial charge in [-0.15, -0.1) is 0 Å². The Labute approximate surface area is 186 Å². The first-order chi connectivity index (χ1) is 14.9. The molecule has 3 amide bonds. The fraction of sp³-hybridized carbons (Fsp3) is 0.667. The number of amides is 3. The van der Waals surface area contributed by atoms with Crippen LogP contribution in [0.2, 0.25) is 0 Å². The summed E-state index contributed by atoms with van der Waals surface area (Å²) in [6.45, 7) is 12.2. The standard InChI is InChI=1S/C24H37N5O2/c1-20(2)9-12-26-13-15-27(16-14-26)19-29-22(30)24(25-23(29)31)10-6-11-28(18-24)17-21-7-4-3-5-8-21/h3-5,7-8,20H,6,9-19H2,1-2H3,(H,25,31). The number of hydrogen-bond acceptors (Lipinski definition) is 5. The number of carbonyl (C=O) groups excluding carboxylic acids is 2. The van der Waals surface area contributed by atoms with Crippen LogP contribution in [0.3, 0.4) is 0 Å². The number of likely N-dealkylation sites (tertiary alicyclic amines) is 1. The summed E-state index contributed by atoms with van der Waals surface area (Å²) in [5.74, 6) is 0.676. The predicted octanol–water partition coefficient (Wildman–Crippen LogP) is 2.19. The van der Waals surface area contributed by atoms with Gasteiger partial charge in [-0.3, -0.25) is 14.6 Å². The van der Waals surface area contributed by atoms with E-state index in [9.17, 15) is 9.59 Å². The summed E-state index contributed by atoms with van der Waals surface area (Å²) in [6.07, 6.45) is 2.86. The maximum absolute atomic E-state index is 13.4. The lowest BCUT2D eigenvalue weighted by molar-refractivity contribution is -0.135. The molecule has 3 saturated heterocycles. The van der Waals surface area contributed by atoms with Crippen molar-refractivity contribution >= 4 is 11.9 Å². The van der Waals surface area contributed by atoms with Gasteiger partial charge in [-0.1, -0.05) is 44.2 Å². The van der Waals surface area contributed by atoms with Crippen LogP contribution in [0.25, 0.3) is 0 Å². The van der Waals surface area contributed by atoms with E-state index in [0.29, 0.717) is 13.2 Å². The van der Waals surface area contributed by atoms with Gasteiger partial charge in [0.1, 0.15) is 5.54 Å². The number of rotatable bonds is 7. The van der Waals surface area contributed by atoms with Gasteiger partial charge >= 0.3 is 6.03 Å². The Bertz CT molecular complexity index is 762. The molecule has 170 valence electrons. The number of piperazine rings is 1. The third kappa shape index (κ3) is 5.27. The lowest BCUT2D eigenvalue weighted by Crippen LogP contribution is -2.58. The number of imide groups is 1. The quantitative estimate of drug-likeness (QED) is 0.676. The van der Waals surface area contributed by atoms with Crippen LogP contribution in [0, 0.1) is 5.92 Å². The highest BCUT2D eigenvalue weighted by Gasteiger charge is 2.53. The molecule has 0 aliphatic carbocycles. The highest BCUT2D eigenvalue weighted by Crippen LogP contribution is 2.29. The molecule has 3 aliphatic rings. The molecule has 0 aromatic heterocycles. The average Bonchev–Trinajstić information content (AvgIpc) is 2.97. The molecule has 3 heterocycles. The summed E-state index contributed by atoms with van der Waals surface area (Å²) < 4.78 is 0. The fourth-order valence-electron chi connectivity index (χ4n) is 5.00. The second-order valence-electron chi connectivity index (χ2n) is 9.83. The minimum Gasteiger partial charge on any atom is -0.322 e. The molecular formula is C24H37N5O2. The van der Waals surface area contributed by atoms with Crippen LogP contribution in [0.15, 0.2) is 30.3 Å². The second-order valence-corrected chi connectivity index (χ2v) is 9.83. The molecule has 1 aromatic rings. The Morgan fingerprint density at radius 3 is 2.39 bits per heavy atom. The van der Waals surface area contributed by atoms with Crippen LogP contribution in [-0.2, 0) is 11.3 Å². The molecule has 1 unspecified atom stereocenters. The first-order valence-corrected chi connectivity index (χ1v) is 11.8. The molecule has 7 heteroatoms. The number of piperidine rings is 1. The van der Waals surface area contributed by atoms with Crippen molar-refractivity contribution in [1.29, 1.82) is 0 Å². The van der Waals surface area contributed by atoms with Crippen molar-refractivity contribution in [1.82, 2.24) is 24.9 Å². The van der Waals surface area contributed by atoms with Crippen LogP contribution < -0.4 is 5.32 Å². The Hall–Kier alpha value is -1.96. The highest BCUT2D eigenvalue weighted by molar-refractivity contribution is 6.07. The van der Waals surface area contributed by atoms with Gasteiger partial charge in [0.2, 0.25) is 0 Å². The summed E-state index contributed by atoms with van der Waals surface area (Å²) in [4.78, 5) is 34.7. The molecule has 31 heavy (non-hydrogen) atoms. The third-order valence-electron chi connectivity index (χ3n) is 6.90. The van der Waals surface area contributed by atoms with Crippen molar-refractivity contribution < 1.29 is 9.59 Å². The molecule has 3 aliphatic heterocycles. The lowest BCUT2D eigenvalue weighted by atomic mass is 9.88. The van der Waals surface area contributed by atoms with E-state index in [1.807, 2.05) is 18.2 Å². The SMILES string of the molecule is CC(C)CCN1CCN(CN2C(=O)NC3(CCCN(Cc4ccccc4)C3)C2=O)CC1. The largest absolute Gasteiger partial charge is 0.326 e. The van der Waals surface area contributed by atoms with Crippen molar-refractivity contribution in [3.05, 3.63) is 35.9 Å². The smallest absolute Gasteiger partial charge is 0.322 e. The molecule has 0 bridgehead atoms. The third-order valence-corrected chi connectivity index (χ3v) is 6.90. The van der Waals surface area contributed by atoms with E-state index in [0.717, 1.165) is 64.6 Å². The maximum Gasteiger partial charge on any atom is 0.326 e. The zero-order chi connectivity index (χ0) is 21.8.